The summed E-state index contributed by atoms with van der Waals surface area (Å²) in [7, 11) is 0. The third kappa shape index (κ3) is 1.80. The van der Waals surface area contributed by atoms with Gasteiger partial charge < -0.3 is 10.1 Å². The number of ether oxygens (including phenoxy) is 1. The Morgan fingerprint density at radius 2 is 2.00 bits per heavy atom. The molecule has 0 aromatic carbocycles. The Labute approximate surface area is 94.0 Å². The minimum absolute atomic E-state index is 0.170. The van der Waals surface area contributed by atoms with Crippen molar-refractivity contribution in [2.24, 2.45) is 5.11 Å². The predicted molar refractivity (Wildman–Crippen MR) is 57.8 cm³/mol. The number of hydrogen-bond acceptors (Lipinski definition) is 3. The Kier molecular flexibility index (Phi) is 2.11. The molecule has 0 aliphatic heterocycles. The van der Waals surface area contributed by atoms with Gasteiger partial charge in [-0.2, -0.15) is 0 Å². The first-order valence-corrected chi connectivity index (χ1v) is 5.36. The normalized spacial score (nSPS) is 35.2. The first kappa shape index (κ1) is 11.1. The third-order valence-electron chi connectivity index (χ3n) is 3.03. The lowest BCUT2D eigenvalue weighted by molar-refractivity contribution is -0.0789. The van der Waals surface area contributed by atoms with Crippen LogP contribution in [0.25, 0.3) is 10.4 Å². The molecule has 2 bridgehead atoms. The zero-order valence-electron chi connectivity index (χ0n) is 9.78. The Bertz CT molecular complexity index is 359. The maximum Gasteiger partial charge on any atom is 0.408 e. The number of carbonyl (C=O) groups excluding carboxylic acids is 1. The van der Waals surface area contributed by atoms with Crippen LogP contribution in [0, 0.1) is 0 Å². The summed E-state index contributed by atoms with van der Waals surface area (Å²) in [5.74, 6) is 0. The first-order valence-electron chi connectivity index (χ1n) is 5.36. The molecule has 0 atom stereocenters. The predicted octanol–water partition coefficient (Wildman–Crippen LogP) is 2.50. The summed E-state index contributed by atoms with van der Waals surface area (Å²) in [6.07, 6.45) is 1.83. The van der Waals surface area contributed by atoms with Crippen molar-refractivity contribution in [3.05, 3.63) is 10.4 Å². The first-order chi connectivity index (χ1) is 7.28. The molecule has 3 rings (SSSR count). The van der Waals surface area contributed by atoms with Crippen molar-refractivity contribution >= 4 is 6.09 Å². The van der Waals surface area contributed by atoms with Crippen LogP contribution in [0.1, 0.15) is 40.0 Å². The minimum atomic E-state index is -0.476. The molecule has 0 aromatic rings. The molecular weight excluding hydrogens is 208 g/mol. The van der Waals surface area contributed by atoms with Gasteiger partial charge in [0.2, 0.25) is 0 Å². The quantitative estimate of drug-likeness (QED) is 0.443. The van der Waals surface area contributed by atoms with Gasteiger partial charge in [0, 0.05) is 10.5 Å². The smallest absolute Gasteiger partial charge is 0.408 e. The molecule has 0 spiro atoms. The molecule has 3 aliphatic carbocycles. The van der Waals surface area contributed by atoms with Crippen LogP contribution in [0.5, 0.6) is 0 Å². The van der Waals surface area contributed by atoms with Crippen molar-refractivity contribution in [1.82, 2.24) is 5.32 Å². The van der Waals surface area contributed by atoms with Gasteiger partial charge in [-0.05, 0) is 45.6 Å². The van der Waals surface area contributed by atoms with Crippen LogP contribution in [-0.4, -0.2) is 22.8 Å². The standard InChI is InChI=1S/C10H16N4O2/c1-8(2,3)16-7(15)12-9-4-10(5-9,6-9)13-14-11/h4-6H2,1-3H3,(H,12,15). The van der Waals surface area contributed by atoms with E-state index in [1.54, 1.807) is 0 Å². The molecule has 6 nitrogen and oxygen atoms in total. The summed E-state index contributed by atoms with van der Waals surface area (Å²) >= 11 is 0. The number of azide groups is 1. The number of nitrogens with zero attached hydrogens (tertiary/aromatic N) is 3. The van der Waals surface area contributed by atoms with Gasteiger partial charge in [0.15, 0.2) is 0 Å². The summed E-state index contributed by atoms with van der Waals surface area (Å²) < 4.78 is 5.17. The molecule has 88 valence electrons. The second-order valence-corrected chi connectivity index (χ2v) is 5.85. The fraction of sp³-hybridized carbons (Fsp3) is 0.900. The van der Waals surface area contributed by atoms with Crippen LogP contribution in [-0.2, 0) is 4.74 Å². The highest BCUT2D eigenvalue weighted by molar-refractivity contribution is 5.70. The van der Waals surface area contributed by atoms with Gasteiger partial charge in [-0.1, -0.05) is 5.11 Å². The van der Waals surface area contributed by atoms with E-state index >= 15 is 0 Å². The Morgan fingerprint density at radius 3 is 2.44 bits per heavy atom. The second kappa shape index (κ2) is 3.04. The molecule has 3 fully saturated rings. The number of nitrogens with one attached hydrogen (secondary N) is 1. The van der Waals surface area contributed by atoms with E-state index in [9.17, 15) is 4.79 Å². The van der Waals surface area contributed by atoms with Crippen molar-refractivity contribution in [3.8, 4) is 0 Å². The molecule has 3 aliphatic rings. The van der Waals surface area contributed by atoms with Crippen molar-refractivity contribution in [2.45, 2.75) is 56.7 Å². The largest absolute Gasteiger partial charge is 0.444 e. The van der Waals surface area contributed by atoms with E-state index in [0.717, 1.165) is 19.3 Å². The molecule has 3 saturated carbocycles. The fourth-order valence-electron chi connectivity index (χ4n) is 2.59. The van der Waals surface area contributed by atoms with Crippen LogP contribution in [0.15, 0.2) is 5.11 Å². The Balaban J connectivity index is 1.82. The minimum Gasteiger partial charge on any atom is -0.444 e. The molecule has 0 saturated heterocycles. The number of amides is 1. The fourth-order valence-corrected chi connectivity index (χ4v) is 2.59. The van der Waals surface area contributed by atoms with Gasteiger partial charge in [0.05, 0.1) is 5.54 Å². The summed E-state index contributed by atoms with van der Waals surface area (Å²) in [5, 5.41) is 6.60. The van der Waals surface area contributed by atoms with Crippen LogP contribution in [0.2, 0.25) is 0 Å². The van der Waals surface area contributed by atoms with Gasteiger partial charge in [0.1, 0.15) is 5.60 Å². The van der Waals surface area contributed by atoms with Crippen molar-refractivity contribution in [3.63, 3.8) is 0 Å². The molecule has 1 amide bonds. The van der Waals surface area contributed by atoms with Gasteiger partial charge in [0.25, 0.3) is 0 Å². The van der Waals surface area contributed by atoms with Crippen LogP contribution in [0.3, 0.4) is 0 Å². The summed E-state index contributed by atoms with van der Waals surface area (Å²) in [6, 6.07) is 0. The zero-order chi connectivity index (χ0) is 12.0. The molecule has 0 heterocycles. The molecule has 0 unspecified atom stereocenters. The lowest BCUT2D eigenvalue weighted by Gasteiger charge is -2.68. The summed E-state index contributed by atoms with van der Waals surface area (Å²) in [6.45, 7) is 5.49. The van der Waals surface area contributed by atoms with Gasteiger partial charge in [-0.3, -0.25) is 0 Å². The molecule has 0 radical (unpaired) electrons. The van der Waals surface area contributed by atoms with Crippen molar-refractivity contribution in [2.75, 3.05) is 0 Å². The zero-order valence-corrected chi connectivity index (χ0v) is 9.78. The number of alkyl carbamates (subject to hydrolysis) is 1. The topological polar surface area (TPSA) is 87.1 Å². The molecular formula is C10H16N4O2. The maximum absolute atomic E-state index is 11.5. The van der Waals surface area contributed by atoms with E-state index < -0.39 is 5.60 Å². The van der Waals surface area contributed by atoms with Crippen molar-refractivity contribution in [1.29, 1.82) is 0 Å². The highest BCUT2D eigenvalue weighted by Gasteiger charge is 2.68. The third-order valence-corrected chi connectivity index (χ3v) is 3.03. The van der Waals surface area contributed by atoms with E-state index in [2.05, 4.69) is 15.3 Å². The average Bonchev–Trinajstić information content (AvgIpc) is 1.94. The maximum atomic E-state index is 11.5. The van der Waals surface area contributed by atoms with E-state index in [1.807, 2.05) is 20.8 Å². The molecule has 0 aromatic heterocycles. The van der Waals surface area contributed by atoms with E-state index in [1.165, 1.54) is 0 Å². The number of hydrogen-bond donors (Lipinski definition) is 1. The van der Waals surface area contributed by atoms with E-state index in [4.69, 9.17) is 10.3 Å². The number of carbonyl (C=O) groups is 1. The van der Waals surface area contributed by atoms with Gasteiger partial charge >= 0.3 is 6.09 Å². The Morgan fingerprint density at radius 1 is 1.44 bits per heavy atom. The molecule has 6 heteroatoms. The Hall–Kier alpha value is -1.42. The van der Waals surface area contributed by atoms with Crippen molar-refractivity contribution < 1.29 is 9.53 Å². The van der Waals surface area contributed by atoms with E-state index in [0.29, 0.717) is 0 Å². The highest BCUT2D eigenvalue weighted by Crippen LogP contribution is 2.62. The van der Waals surface area contributed by atoms with Crippen LogP contribution >= 0.6 is 0 Å². The SMILES string of the molecule is CC(C)(C)OC(=O)NC12CC(N=[N+]=[N-])(C1)C2. The van der Waals surface area contributed by atoms with Crippen LogP contribution in [0.4, 0.5) is 4.79 Å². The lowest BCUT2D eigenvalue weighted by Crippen LogP contribution is -2.77. The lowest BCUT2D eigenvalue weighted by atomic mass is 9.44. The summed E-state index contributed by atoms with van der Waals surface area (Å²) in [4.78, 5) is 14.3. The van der Waals surface area contributed by atoms with E-state index in [-0.39, 0.29) is 17.2 Å². The van der Waals surface area contributed by atoms with Gasteiger partial charge in [-0.25, -0.2) is 4.79 Å². The monoisotopic (exact) mass is 224 g/mol. The molecule has 16 heavy (non-hydrogen) atoms. The second-order valence-electron chi connectivity index (χ2n) is 5.85. The van der Waals surface area contributed by atoms with Crippen LogP contribution < -0.4 is 5.32 Å². The molecule has 1 N–H and O–H groups in total. The average molecular weight is 224 g/mol. The highest BCUT2D eigenvalue weighted by atomic mass is 16.6. The van der Waals surface area contributed by atoms with Gasteiger partial charge in [-0.15, -0.1) is 0 Å². The number of rotatable bonds is 2. The summed E-state index contributed by atoms with van der Waals surface area (Å²) in [5.41, 5.74) is 7.49.